The van der Waals surface area contributed by atoms with Crippen molar-refractivity contribution in [3.05, 3.63) is 41.0 Å². The van der Waals surface area contributed by atoms with Crippen LogP contribution in [0.5, 0.6) is 0 Å². The molecule has 0 bridgehead atoms. The third-order valence-corrected chi connectivity index (χ3v) is 5.27. The van der Waals surface area contributed by atoms with E-state index in [1.165, 1.54) is 17.6 Å². The Morgan fingerprint density at radius 2 is 2.11 bits per heavy atom. The molecule has 0 saturated carbocycles. The van der Waals surface area contributed by atoms with Crippen molar-refractivity contribution >= 4 is 46.6 Å². The zero-order valence-electron chi connectivity index (χ0n) is 15.9. The van der Waals surface area contributed by atoms with Crippen LogP contribution in [0.25, 0.3) is 0 Å². The largest absolute Gasteiger partial charge is 0.352 e. The van der Waals surface area contributed by atoms with E-state index in [1.54, 1.807) is 19.2 Å². The van der Waals surface area contributed by atoms with Crippen LogP contribution in [0.2, 0.25) is 0 Å². The first-order chi connectivity index (χ1) is 13.1. The maximum Gasteiger partial charge on any atom is 0.205 e. The molecular weight excluding hydrogens is 492 g/mol. The Morgan fingerprint density at radius 3 is 2.68 bits per heavy atom. The molecule has 0 aliphatic carbocycles. The Hall–Kier alpha value is -2.00. The van der Waals surface area contributed by atoms with E-state index in [0.717, 1.165) is 49.5 Å². The van der Waals surface area contributed by atoms with Gasteiger partial charge in [0.2, 0.25) is 5.13 Å². The number of halogens is 2. The summed E-state index contributed by atoms with van der Waals surface area (Å²) < 4.78 is 18.4. The molecule has 0 atom stereocenters. The summed E-state index contributed by atoms with van der Waals surface area (Å²) in [6.07, 6.45) is 0.846. The highest BCUT2D eigenvalue weighted by Gasteiger charge is 2.22. The first kappa shape index (κ1) is 22.3. The number of benzene rings is 1. The van der Waals surface area contributed by atoms with Gasteiger partial charge in [0, 0.05) is 63.3 Å². The number of aromatic nitrogens is 2. The van der Waals surface area contributed by atoms with Crippen LogP contribution in [0.3, 0.4) is 0 Å². The molecule has 28 heavy (non-hydrogen) atoms. The predicted molar refractivity (Wildman–Crippen MR) is 120 cm³/mol. The highest BCUT2D eigenvalue weighted by molar-refractivity contribution is 14.0. The van der Waals surface area contributed by atoms with E-state index in [1.807, 2.05) is 6.07 Å². The number of hydrogen-bond donors (Lipinski definition) is 1. The summed E-state index contributed by atoms with van der Waals surface area (Å²) in [6, 6.07) is 6.45. The first-order valence-corrected chi connectivity index (χ1v) is 9.63. The normalized spacial score (nSPS) is 14.4. The molecule has 0 amide bonds. The van der Waals surface area contributed by atoms with Crippen LogP contribution in [0.1, 0.15) is 23.9 Å². The molecule has 7 nitrogen and oxygen atoms in total. The van der Waals surface area contributed by atoms with Crippen molar-refractivity contribution in [1.82, 2.24) is 19.6 Å². The molecule has 1 aliphatic heterocycles. The summed E-state index contributed by atoms with van der Waals surface area (Å²) in [7, 11) is 1.72. The van der Waals surface area contributed by atoms with Crippen LogP contribution in [0.15, 0.2) is 23.2 Å². The van der Waals surface area contributed by atoms with Crippen molar-refractivity contribution in [2.75, 3.05) is 38.1 Å². The fourth-order valence-corrected chi connectivity index (χ4v) is 3.69. The smallest absolute Gasteiger partial charge is 0.205 e. The summed E-state index contributed by atoms with van der Waals surface area (Å²) in [5.74, 6) is 1.24. The number of nitriles is 1. The maximum atomic E-state index is 14.0. The second-order valence-corrected chi connectivity index (χ2v) is 6.87. The van der Waals surface area contributed by atoms with Gasteiger partial charge in [-0.1, -0.05) is 13.0 Å². The van der Waals surface area contributed by atoms with Crippen molar-refractivity contribution in [1.29, 1.82) is 5.26 Å². The molecule has 150 valence electrons. The van der Waals surface area contributed by atoms with Gasteiger partial charge in [-0.2, -0.15) is 9.64 Å². The molecule has 1 saturated heterocycles. The van der Waals surface area contributed by atoms with E-state index >= 15 is 0 Å². The number of aliphatic imine (C=N–C) groups is 1. The number of piperazine rings is 1. The second kappa shape index (κ2) is 10.5. The SMILES string of the molecule is CCc1nsc(N2CCN(C(=NC)NCc3ccc(C#N)cc3F)CC2)n1.I. The molecule has 2 heterocycles. The van der Waals surface area contributed by atoms with E-state index < -0.39 is 0 Å². The zero-order chi connectivity index (χ0) is 19.2. The minimum atomic E-state index is -0.384. The molecule has 1 N–H and O–H groups in total. The molecule has 1 aromatic heterocycles. The predicted octanol–water partition coefficient (Wildman–Crippen LogP) is 2.63. The van der Waals surface area contributed by atoms with E-state index in [0.29, 0.717) is 17.7 Å². The molecule has 1 aliphatic rings. The fourth-order valence-electron chi connectivity index (χ4n) is 2.89. The van der Waals surface area contributed by atoms with E-state index in [2.05, 4.69) is 36.4 Å². The molecule has 2 aromatic rings. The minimum absolute atomic E-state index is 0. The third kappa shape index (κ3) is 5.29. The van der Waals surface area contributed by atoms with Gasteiger partial charge in [0.25, 0.3) is 0 Å². The Kier molecular flexibility index (Phi) is 8.37. The second-order valence-electron chi connectivity index (χ2n) is 6.14. The summed E-state index contributed by atoms with van der Waals surface area (Å²) >= 11 is 1.44. The average molecular weight is 515 g/mol. The van der Waals surface area contributed by atoms with Crippen molar-refractivity contribution in [3.8, 4) is 6.07 Å². The Labute approximate surface area is 185 Å². The number of nitrogens with zero attached hydrogens (tertiary/aromatic N) is 6. The van der Waals surface area contributed by atoms with Crippen molar-refractivity contribution in [2.45, 2.75) is 19.9 Å². The monoisotopic (exact) mass is 515 g/mol. The quantitative estimate of drug-likeness (QED) is 0.383. The molecule has 3 rings (SSSR count). The van der Waals surface area contributed by atoms with E-state index in [-0.39, 0.29) is 29.8 Å². The topological polar surface area (TPSA) is 80.4 Å². The van der Waals surface area contributed by atoms with Crippen molar-refractivity contribution in [3.63, 3.8) is 0 Å². The lowest BCUT2D eigenvalue weighted by Crippen LogP contribution is -2.52. The van der Waals surface area contributed by atoms with Crippen molar-refractivity contribution < 1.29 is 4.39 Å². The molecule has 0 radical (unpaired) electrons. The van der Waals surface area contributed by atoms with Crippen LogP contribution in [0.4, 0.5) is 9.52 Å². The van der Waals surface area contributed by atoms with Crippen LogP contribution in [-0.4, -0.2) is 53.4 Å². The van der Waals surface area contributed by atoms with Gasteiger partial charge < -0.3 is 15.1 Å². The molecule has 0 unspecified atom stereocenters. The highest BCUT2D eigenvalue weighted by Crippen LogP contribution is 2.19. The highest BCUT2D eigenvalue weighted by atomic mass is 127. The number of nitrogens with one attached hydrogen (secondary N) is 1. The lowest BCUT2D eigenvalue weighted by molar-refractivity contribution is 0.372. The van der Waals surface area contributed by atoms with Crippen LogP contribution >= 0.6 is 35.5 Å². The fraction of sp³-hybridized carbons (Fsp3) is 0.444. The summed E-state index contributed by atoms with van der Waals surface area (Å²) in [6.45, 7) is 5.65. The van der Waals surface area contributed by atoms with Crippen LogP contribution in [0, 0.1) is 17.1 Å². The Bertz CT molecular complexity index is 856. The summed E-state index contributed by atoms with van der Waals surface area (Å²) in [5, 5.41) is 13.0. The van der Waals surface area contributed by atoms with Gasteiger partial charge in [0.05, 0.1) is 11.6 Å². The zero-order valence-corrected chi connectivity index (χ0v) is 19.0. The van der Waals surface area contributed by atoms with Gasteiger partial charge in [-0.25, -0.2) is 9.37 Å². The molecular formula is C18H23FIN7S. The van der Waals surface area contributed by atoms with Gasteiger partial charge in [0.1, 0.15) is 11.6 Å². The van der Waals surface area contributed by atoms with Gasteiger partial charge in [-0.3, -0.25) is 4.99 Å². The number of rotatable bonds is 4. The Morgan fingerprint density at radius 1 is 1.36 bits per heavy atom. The molecule has 0 spiro atoms. The minimum Gasteiger partial charge on any atom is -0.352 e. The molecule has 1 fully saturated rings. The Balaban J connectivity index is 0.00000280. The average Bonchev–Trinajstić information content (AvgIpc) is 3.19. The van der Waals surface area contributed by atoms with Crippen LogP contribution in [-0.2, 0) is 13.0 Å². The van der Waals surface area contributed by atoms with E-state index in [9.17, 15) is 4.39 Å². The lowest BCUT2D eigenvalue weighted by Gasteiger charge is -2.36. The van der Waals surface area contributed by atoms with Crippen LogP contribution < -0.4 is 10.2 Å². The molecule has 1 aromatic carbocycles. The van der Waals surface area contributed by atoms with Gasteiger partial charge in [-0.15, -0.1) is 24.0 Å². The summed E-state index contributed by atoms with van der Waals surface area (Å²) in [4.78, 5) is 13.3. The first-order valence-electron chi connectivity index (χ1n) is 8.86. The third-order valence-electron chi connectivity index (χ3n) is 4.45. The number of aryl methyl sites for hydroxylation is 1. The standard InChI is InChI=1S/C18H22FN7S.HI/c1-3-16-23-18(27-24-16)26-8-6-25(7-9-26)17(21-2)22-12-14-5-4-13(11-20)10-15(14)19;/h4-5,10H,3,6-9,12H2,1-2H3,(H,21,22);1H. The van der Waals surface area contributed by atoms with Gasteiger partial charge in [-0.05, 0) is 12.1 Å². The number of guanidine groups is 1. The van der Waals surface area contributed by atoms with E-state index in [4.69, 9.17) is 5.26 Å². The lowest BCUT2D eigenvalue weighted by atomic mass is 10.1. The van der Waals surface area contributed by atoms with Crippen molar-refractivity contribution in [2.24, 2.45) is 4.99 Å². The summed E-state index contributed by atoms with van der Waals surface area (Å²) in [5.41, 5.74) is 0.828. The number of anilines is 1. The van der Waals surface area contributed by atoms with Gasteiger partial charge >= 0.3 is 0 Å². The maximum absolute atomic E-state index is 14.0. The molecule has 10 heteroatoms. The van der Waals surface area contributed by atoms with Gasteiger partial charge in [0.15, 0.2) is 5.96 Å². The number of hydrogen-bond acceptors (Lipinski definition) is 6.